The summed E-state index contributed by atoms with van der Waals surface area (Å²) in [5, 5.41) is 15.6. The third kappa shape index (κ3) is 5.49. The van der Waals surface area contributed by atoms with E-state index in [1.807, 2.05) is 0 Å². The molecule has 0 radical (unpaired) electrons. The van der Waals surface area contributed by atoms with Crippen LogP contribution in [-0.2, 0) is 4.79 Å². The maximum atomic E-state index is 12.6. The van der Waals surface area contributed by atoms with Gasteiger partial charge in [0.15, 0.2) is 0 Å². The van der Waals surface area contributed by atoms with Gasteiger partial charge in [0.1, 0.15) is 28.3 Å². The monoisotopic (exact) mass is 490 g/mol. The van der Waals surface area contributed by atoms with Gasteiger partial charge < -0.3 is 24.6 Å². The fourth-order valence-electron chi connectivity index (χ4n) is 3.70. The normalized spacial score (nSPS) is 11.8. The van der Waals surface area contributed by atoms with Crippen LogP contribution in [0.2, 0.25) is 0 Å². The summed E-state index contributed by atoms with van der Waals surface area (Å²) >= 11 is 0. The van der Waals surface area contributed by atoms with Crippen molar-refractivity contribution in [2.75, 3.05) is 6.54 Å². The van der Waals surface area contributed by atoms with Gasteiger partial charge in [0.05, 0.1) is 0 Å². The molecule has 184 valence electrons. The molecule has 0 bridgehead atoms. The van der Waals surface area contributed by atoms with Gasteiger partial charge in [-0.3, -0.25) is 9.59 Å². The fourth-order valence-corrected chi connectivity index (χ4v) is 3.70. The average Bonchev–Trinajstić information content (AvgIpc) is 2.86. The molecule has 10 heteroatoms. The molecule has 0 unspecified atom stereocenters. The van der Waals surface area contributed by atoms with Crippen molar-refractivity contribution in [1.29, 1.82) is 0 Å². The van der Waals surface area contributed by atoms with Crippen molar-refractivity contribution in [2.45, 2.75) is 25.3 Å². The van der Waals surface area contributed by atoms with E-state index in [9.17, 15) is 29.1 Å². The lowest BCUT2D eigenvalue weighted by molar-refractivity contribution is -0.139. The summed E-state index contributed by atoms with van der Waals surface area (Å²) in [6, 6.07) is 15.0. The Morgan fingerprint density at radius 2 is 1.31 bits per heavy atom. The molecule has 36 heavy (non-hydrogen) atoms. The number of carbonyl (C=O) groups excluding carboxylic acids is 2. The number of rotatable bonds is 9. The number of benzene rings is 2. The van der Waals surface area contributed by atoms with Crippen molar-refractivity contribution in [1.82, 2.24) is 10.6 Å². The Balaban J connectivity index is 1.31. The zero-order valence-corrected chi connectivity index (χ0v) is 19.0. The standard InChI is InChI=1S/C26H22N2O8/c29-22(17-13-15-7-1-3-10-20(15)35-25(17)33)27-12-6-5-9-19(24(31)32)28-23(30)18-14-16-8-2-4-11-21(16)36-26(18)34/h1-4,7-8,10-11,13-14,19H,5-6,9,12H2,(H,27,29)(H,28,30)(H,31,32)/t19-/m1/s1. The van der Waals surface area contributed by atoms with Crippen molar-refractivity contribution in [3.8, 4) is 0 Å². The molecule has 2 aromatic carbocycles. The number of para-hydroxylation sites is 2. The van der Waals surface area contributed by atoms with Crippen molar-refractivity contribution in [3.63, 3.8) is 0 Å². The summed E-state index contributed by atoms with van der Waals surface area (Å²) in [4.78, 5) is 60.8. The molecule has 1 atom stereocenters. The van der Waals surface area contributed by atoms with Crippen LogP contribution in [0.5, 0.6) is 0 Å². The molecular formula is C26H22N2O8. The van der Waals surface area contributed by atoms with E-state index in [-0.39, 0.29) is 24.1 Å². The predicted molar refractivity (Wildman–Crippen MR) is 130 cm³/mol. The molecule has 0 fully saturated rings. The third-order valence-electron chi connectivity index (χ3n) is 5.58. The van der Waals surface area contributed by atoms with Crippen molar-refractivity contribution in [2.24, 2.45) is 0 Å². The van der Waals surface area contributed by atoms with Crippen LogP contribution in [0.15, 0.2) is 79.1 Å². The Morgan fingerprint density at radius 3 is 1.86 bits per heavy atom. The van der Waals surface area contributed by atoms with E-state index in [4.69, 9.17) is 8.83 Å². The number of fused-ring (bicyclic) bond motifs is 2. The first-order valence-corrected chi connectivity index (χ1v) is 11.2. The molecule has 2 aromatic heterocycles. The second kappa shape index (κ2) is 10.7. The number of carbonyl (C=O) groups is 3. The Kier molecular flexibility index (Phi) is 7.24. The van der Waals surface area contributed by atoms with Crippen LogP contribution in [0.1, 0.15) is 40.0 Å². The highest BCUT2D eigenvalue weighted by molar-refractivity contribution is 5.98. The van der Waals surface area contributed by atoms with Gasteiger partial charge in [-0.2, -0.15) is 0 Å². The molecule has 4 rings (SSSR count). The number of nitrogens with one attached hydrogen (secondary N) is 2. The van der Waals surface area contributed by atoms with Gasteiger partial charge in [-0.1, -0.05) is 36.4 Å². The summed E-state index contributed by atoms with van der Waals surface area (Å²) in [6.45, 7) is 0.180. The number of hydrogen-bond acceptors (Lipinski definition) is 7. The topological polar surface area (TPSA) is 156 Å². The highest BCUT2D eigenvalue weighted by atomic mass is 16.4. The van der Waals surface area contributed by atoms with E-state index in [2.05, 4.69) is 10.6 Å². The van der Waals surface area contributed by atoms with E-state index in [1.165, 1.54) is 12.1 Å². The third-order valence-corrected chi connectivity index (χ3v) is 5.58. The predicted octanol–water partition coefficient (Wildman–Crippen LogP) is 2.68. The van der Waals surface area contributed by atoms with Crippen LogP contribution in [0.4, 0.5) is 0 Å². The summed E-state index contributed by atoms with van der Waals surface area (Å²) in [7, 11) is 0. The fraction of sp³-hybridized carbons (Fsp3) is 0.192. The first-order chi connectivity index (χ1) is 17.3. The van der Waals surface area contributed by atoms with Crippen molar-refractivity contribution in [3.05, 3.63) is 92.6 Å². The second-order valence-corrected chi connectivity index (χ2v) is 8.09. The number of unbranched alkanes of at least 4 members (excludes halogenated alkanes) is 1. The number of hydrogen-bond donors (Lipinski definition) is 3. The Morgan fingerprint density at radius 1 is 0.778 bits per heavy atom. The summed E-state index contributed by atoms with van der Waals surface area (Å²) in [5.41, 5.74) is -1.34. The van der Waals surface area contributed by atoms with E-state index < -0.39 is 35.1 Å². The highest BCUT2D eigenvalue weighted by Crippen LogP contribution is 2.14. The lowest BCUT2D eigenvalue weighted by Crippen LogP contribution is -2.42. The first-order valence-electron chi connectivity index (χ1n) is 11.2. The highest BCUT2D eigenvalue weighted by Gasteiger charge is 2.23. The molecule has 0 saturated heterocycles. The van der Waals surface area contributed by atoms with Gasteiger partial charge in [-0.15, -0.1) is 0 Å². The average molecular weight is 490 g/mol. The lowest BCUT2D eigenvalue weighted by atomic mass is 10.1. The van der Waals surface area contributed by atoms with Crippen LogP contribution >= 0.6 is 0 Å². The largest absolute Gasteiger partial charge is 0.480 e. The molecule has 2 heterocycles. The van der Waals surface area contributed by atoms with Gasteiger partial charge >= 0.3 is 17.2 Å². The second-order valence-electron chi connectivity index (χ2n) is 8.09. The SMILES string of the molecule is O=C(NCCCC[C@@H](NC(=O)c1cc2ccccc2oc1=O)C(=O)O)c1cc2ccccc2oc1=O. The van der Waals surface area contributed by atoms with Crippen LogP contribution in [0, 0.1) is 0 Å². The molecule has 3 N–H and O–H groups in total. The Labute approximate surface area is 203 Å². The van der Waals surface area contributed by atoms with Crippen LogP contribution in [-0.4, -0.2) is 35.5 Å². The minimum absolute atomic E-state index is 0.0635. The summed E-state index contributed by atoms with van der Waals surface area (Å²) in [5.74, 6) is -2.70. The zero-order chi connectivity index (χ0) is 25.7. The van der Waals surface area contributed by atoms with Crippen LogP contribution < -0.4 is 21.9 Å². The smallest absolute Gasteiger partial charge is 0.349 e. The van der Waals surface area contributed by atoms with Gasteiger partial charge in [0, 0.05) is 17.3 Å². The van der Waals surface area contributed by atoms with E-state index >= 15 is 0 Å². The molecular weight excluding hydrogens is 468 g/mol. The van der Waals surface area contributed by atoms with Gasteiger partial charge in [-0.25, -0.2) is 14.4 Å². The number of carboxylic acid groups (broad SMARTS) is 1. The minimum Gasteiger partial charge on any atom is -0.480 e. The minimum atomic E-state index is -1.26. The molecule has 0 aliphatic carbocycles. The summed E-state index contributed by atoms with van der Waals surface area (Å²) < 4.78 is 10.3. The zero-order valence-electron chi connectivity index (χ0n) is 19.0. The molecule has 10 nitrogen and oxygen atoms in total. The number of amides is 2. The molecule has 2 amide bonds. The summed E-state index contributed by atoms with van der Waals surface area (Å²) in [6.07, 6.45) is 0.798. The molecule has 0 aliphatic heterocycles. The maximum absolute atomic E-state index is 12.6. The van der Waals surface area contributed by atoms with E-state index in [1.54, 1.807) is 48.5 Å². The van der Waals surface area contributed by atoms with Crippen molar-refractivity contribution >= 4 is 39.7 Å². The lowest BCUT2D eigenvalue weighted by Gasteiger charge is -2.14. The van der Waals surface area contributed by atoms with Crippen LogP contribution in [0.25, 0.3) is 21.9 Å². The maximum Gasteiger partial charge on any atom is 0.349 e. The first kappa shape index (κ1) is 24.4. The van der Waals surface area contributed by atoms with Gasteiger partial charge in [0.25, 0.3) is 11.8 Å². The number of carboxylic acids is 1. The Bertz CT molecular complexity index is 1570. The molecule has 4 aromatic rings. The molecule has 0 spiro atoms. The van der Waals surface area contributed by atoms with Crippen LogP contribution in [0.3, 0.4) is 0 Å². The molecule has 0 aliphatic rings. The van der Waals surface area contributed by atoms with Gasteiger partial charge in [0.2, 0.25) is 0 Å². The van der Waals surface area contributed by atoms with Crippen molar-refractivity contribution < 1.29 is 28.3 Å². The quantitative estimate of drug-likeness (QED) is 0.239. The molecule has 0 saturated carbocycles. The number of aliphatic carboxylic acids is 1. The van der Waals surface area contributed by atoms with Gasteiger partial charge in [-0.05, 0) is 43.5 Å². The van der Waals surface area contributed by atoms with E-state index in [0.29, 0.717) is 34.8 Å². The van der Waals surface area contributed by atoms with E-state index in [0.717, 1.165) is 0 Å². The Hall–Kier alpha value is -4.73.